The molecule has 2 aromatic carbocycles. The minimum absolute atomic E-state index is 0.0400. The average Bonchev–Trinajstić information content (AvgIpc) is 2.85. The van der Waals surface area contributed by atoms with Gasteiger partial charge in [-0.1, -0.05) is 25.1 Å². The van der Waals surface area contributed by atoms with Crippen LogP contribution in [0.1, 0.15) is 68.9 Å². The number of hydrogen-bond acceptors (Lipinski definition) is 3. The number of hydrogen-bond donors (Lipinski definition) is 3. The van der Waals surface area contributed by atoms with Crippen LogP contribution in [-0.2, 0) is 15.8 Å². The van der Waals surface area contributed by atoms with Gasteiger partial charge < -0.3 is 15.7 Å². The fraction of sp³-hybridized carbons (Fsp3) is 0.464. The van der Waals surface area contributed by atoms with E-state index >= 15 is 0 Å². The number of ketones is 1. The molecule has 0 heterocycles. The lowest BCUT2D eigenvalue weighted by atomic mass is 9.56. The van der Waals surface area contributed by atoms with E-state index in [2.05, 4.69) is 10.6 Å². The number of anilines is 2. The molecule has 4 atom stereocenters. The average molecular weight is 517 g/mol. The summed E-state index contributed by atoms with van der Waals surface area (Å²) in [5.41, 5.74) is 0.0789. The van der Waals surface area contributed by atoms with Crippen LogP contribution in [0.25, 0.3) is 0 Å². The Morgan fingerprint density at radius 3 is 2.38 bits per heavy atom. The number of urea groups is 1. The normalized spacial score (nSPS) is 25.7. The minimum Gasteiger partial charge on any atom is -0.481 e. The molecule has 0 saturated heterocycles. The number of carboxylic acid groups (broad SMARTS) is 1. The minimum atomic E-state index is -4.49. The monoisotopic (exact) mass is 516 g/mol. The van der Waals surface area contributed by atoms with Crippen molar-refractivity contribution in [1.29, 1.82) is 0 Å². The molecule has 0 radical (unpaired) electrons. The summed E-state index contributed by atoms with van der Waals surface area (Å²) in [4.78, 5) is 36.9. The molecule has 2 aromatic rings. The molecule has 2 saturated carbocycles. The van der Waals surface area contributed by atoms with E-state index in [-0.39, 0.29) is 35.6 Å². The molecule has 4 rings (SSSR count). The fourth-order valence-corrected chi connectivity index (χ4v) is 6.06. The predicted molar refractivity (Wildman–Crippen MR) is 133 cm³/mol. The van der Waals surface area contributed by atoms with Crippen molar-refractivity contribution in [3.63, 3.8) is 0 Å². The van der Waals surface area contributed by atoms with Crippen molar-refractivity contribution >= 4 is 29.2 Å². The number of carboxylic acids is 1. The SMILES string of the molecule is CC[C@@]1(CC(=O)O)CCC2CC(c3ccc(NC(=O)Nc4cccc(C(F)(F)F)c4)cc3)CCC2C1=O. The zero-order chi connectivity index (χ0) is 26.8. The Balaban J connectivity index is 1.35. The lowest BCUT2D eigenvalue weighted by Gasteiger charge is -2.46. The smallest absolute Gasteiger partial charge is 0.416 e. The van der Waals surface area contributed by atoms with E-state index in [1.165, 1.54) is 12.1 Å². The van der Waals surface area contributed by atoms with Crippen molar-refractivity contribution < 1.29 is 32.7 Å². The molecule has 0 bridgehead atoms. The molecular formula is C28H31F3N2O4. The molecule has 2 amide bonds. The fourth-order valence-electron chi connectivity index (χ4n) is 6.06. The predicted octanol–water partition coefficient (Wildman–Crippen LogP) is 7.08. The molecule has 0 spiro atoms. The quantitative estimate of drug-likeness (QED) is 0.382. The van der Waals surface area contributed by atoms with Gasteiger partial charge in [-0.2, -0.15) is 13.2 Å². The second-order valence-electron chi connectivity index (χ2n) is 10.3. The zero-order valence-corrected chi connectivity index (χ0v) is 20.6. The van der Waals surface area contributed by atoms with Crippen LogP contribution < -0.4 is 10.6 Å². The third-order valence-electron chi connectivity index (χ3n) is 8.09. The molecule has 2 aliphatic rings. The molecule has 6 nitrogen and oxygen atoms in total. The molecular weight excluding hydrogens is 485 g/mol. The molecule has 3 unspecified atom stereocenters. The number of benzene rings is 2. The van der Waals surface area contributed by atoms with Crippen LogP contribution in [-0.4, -0.2) is 22.9 Å². The zero-order valence-electron chi connectivity index (χ0n) is 20.6. The number of carbonyl (C=O) groups is 3. The van der Waals surface area contributed by atoms with Gasteiger partial charge in [0.05, 0.1) is 12.0 Å². The molecule has 37 heavy (non-hydrogen) atoms. The number of fused-ring (bicyclic) bond motifs is 1. The van der Waals surface area contributed by atoms with Crippen molar-refractivity contribution in [2.45, 2.75) is 64.0 Å². The Morgan fingerprint density at radius 1 is 1.03 bits per heavy atom. The molecule has 2 fully saturated rings. The molecule has 198 valence electrons. The van der Waals surface area contributed by atoms with Crippen molar-refractivity contribution in [3.05, 3.63) is 59.7 Å². The molecule has 3 N–H and O–H groups in total. The first-order valence-electron chi connectivity index (χ1n) is 12.6. The Hall–Kier alpha value is -3.36. The maximum Gasteiger partial charge on any atom is 0.416 e. The maximum atomic E-state index is 13.3. The largest absolute Gasteiger partial charge is 0.481 e. The van der Waals surface area contributed by atoms with E-state index in [9.17, 15) is 32.7 Å². The van der Waals surface area contributed by atoms with E-state index < -0.39 is 29.2 Å². The topological polar surface area (TPSA) is 95.5 Å². The standard InChI is InChI=1S/C28H31F3N2O4/c1-2-27(16-24(34)35)13-12-19-14-18(8-11-23(19)25(27)36)17-6-9-21(10-7-17)32-26(37)33-22-5-3-4-20(15-22)28(29,30)31/h3-7,9-10,15,18-19,23H,2,8,11-14,16H2,1H3,(H,34,35)(H2,32,33,37)/t18?,19?,23?,27-/m0/s1. The number of Topliss-reactive ketones (excluding diaryl/α,β-unsaturated/α-hetero) is 1. The van der Waals surface area contributed by atoms with Crippen LogP contribution in [0.2, 0.25) is 0 Å². The van der Waals surface area contributed by atoms with Gasteiger partial charge in [0, 0.05) is 22.7 Å². The van der Waals surface area contributed by atoms with Crippen LogP contribution in [0, 0.1) is 17.3 Å². The van der Waals surface area contributed by atoms with Crippen LogP contribution in [0.15, 0.2) is 48.5 Å². The van der Waals surface area contributed by atoms with Crippen LogP contribution in [0.3, 0.4) is 0 Å². The van der Waals surface area contributed by atoms with E-state index in [0.717, 1.165) is 43.4 Å². The van der Waals surface area contributed by atoms with Crippen LogP contribution in [0.4, 0.5) is 29.3 Å². The first-order valence-corrected chi connectivity index (χ1v) is 12.6. The number of nitrogens with one attached hydrogen (secondary N) is 2. The van der Waals surface area contributed by atoms with E-state index in [4.69, 9.17) is 0 Å². The van der Waals surface area contributed by atoms with Gasteiger partial charge in [-0.3, -0.25) is 9.59 Å². The highest BCUT2D eigenvalue weighted by atomic mass is 19.4. The van der Waals surface area contributed by atoms with Crippen molar-refractivity contribution in [2.24, 2.45) is 17.3 Å². The number of alkyl halides is 3. The molecule has 0 aliphatic heterocycles. The van der Waals surface area contributed by atoms with E-state index in [1.807, 2.05) is 19.1 Å². The molecule has 0 aromatic heterocycles. The summed E-state index contributed by atoms with van der Waals surface area (Å²) in [7, 11) is 0. The van der Waals surface area contributed by atoms with Crippen molar-refractivity contribution in [2.75, 3.05) is 10.6 Å². The summed E-state index contributed by atoms with van der Waals surface area (Å²) in [6, 6.07) is 11.2. The summed E-state index contributed by atoms with van der Waals surface area (Å²) in [5, 5.41) is 14.4. The van der Waals surface area contributed by atoms with Crippen LogP contribution >= 0.6 is 0 Å². The lowest BCUT2D eigenvalue weighted by molar-refractivity contribution is -0.151. The summed E-state index contributed by atoms with van der Waals surface area (Å²) in [6.45, 7) is 1.91. The summed E-state index contributed by atoms with van der Waals surface area (Å²) in [5.74, 6) is -0.353. The third kappa shape index (κ3) is 5.97. The maximum absolute atomic E-state index is 13.3. The highest BCUT2D eigenvalue weighted by molar-refractivity contribution is 5.99. The Bertz CT molecular complexity index is 1160. The van der Waals surface area contributed by atoms with Gasteiger partial charge in [-0.15, -0.1) is 0 Å². The summed E-state index contributed by atoms with van der Waals surface area (Å²) >= 11 is 0. The Kier molecular flexibility index (Phi) is 7.62. The highest BCUT2D eigenvalue weighted by Gasteiger charge is 2.50. The van der Waals surface area contributed by atoms with Gasteiger partial charge >= 0.3 is 18.2 Å². The van der Waals surface area contributed by atoms with E-state index in [1.54, 1.807) is 12.1 Å². The number of halogens is 3. The van der Waals surface area contributed by atoms with Crippen molar-refractivity contribution in [3.8, 4) is 0 Å². The number of aliphatic carboxylic acids is 1. The number of rotatable bonds is 6. The summed E-state index contributed by atoms with van der Waals surface area (Å²) < 4.78 is 38.7. The number of carbonyl (C=O) groups excluding carboxylic acids is 2. The molecule has 2 aliphatic carbocycles. The van der Waals surface area contributed by atoms with Gasteiger partial charge in [0.15, 0.2) is 0 Å². The van der Waals surface area contributed by atoms with Gasteiger partial charge in [0.1, 0.15) is 5.78 Å². The van der Waals surface area contributed by atoms with Gasteiger partial charge in [0.25, 0.3) is 0 Å². The Morgan fingerprint density at radius 2 is 1.73 bits per heavy atom. The van der Waals surface area contributed by atoms with Gasteiger partial charge in [-0.25, -0.2) is 4.79 Å². The van der Waals surface area contributed by atoms with Crippen LogP contribution in [0.5, 0.6) is 0 Å². The first-order chi connectivity index (χ1) is 17.5. The first kappa shape index (κ1) is 26.7. The van der Waals surface area contributed by atoms with Gasteiger partial charge in [-0.05, 0) is 86.3 Å². The van der Waals surface area contributed by atoms with Crippen molar-refractivity contribution in [1.82, 2.24) is 0 Å². The highest BCUT2D eigenvalue weighted by Crippen LogP contribution is 2.51. The third-order valence-corrected chi connectivity index (χ3v) is 8.09. The second-order valence-corrected chi connectivity index (χ2v) is 10.3. The van der Waals surface area contributed by atoms with E-state index in [0.29, 0.717) is 18.5 Å². The lowest BCUT2D eigenvalue weighted by Crippen LogP contribution is -2.46. The van der Waals surface area contributed by atoms with Gasteiger partial charge in [0.2, 0.25) is 0 Å². The second kappa shape index (κ2) is 10.6. The number of amides is 2. The Labute approximate surface area is 213 Å². The summed E-state index contributed by atoms with van der Waals surface area (Å²) in [6.07, 6.45) is -0.115. The molecule has 9 heteroatoms.